The Labute approximate surface area is 180 Å². The number of hydrogen-bond acceptors (Lipinski definition) is 6. The van der Waals surface area contributed by atoms with Gasteiger partial charge in [-0.25, -0.2) is 0 Å². The fraction of sp³-hybridized carbons (Fsp3) is 0.500. The van der Waals surface area contributed by atoms with E-state index in [1.54, 1.807) is 20.3 Å². The molecule has 0 aliphatic rings. The van der Waals surface area contributed by atoms with E-state index in [1.165, 1.54) is 37.3 Å². The third kappa shape index (κ3) is 8.51. The van der Waals surface area contributed by atoms with Gasteiger partial charge in [0.05, 0.1) is 14.2 Å². The number of aromatic hydroxyl groups is 2. The second kappa shape index (κ2) is 13.7. The van der Waals surface area contributed by atoms with Gasteiger partial charge in [0.25, 0.3) is 0 Å². The molecule has 2 rings (SSSR count). The third-order valence-electron chi connectivity index (χ3n) is 5.13. The van der Waals surface area contributed by atoms with Gasteiger partial charge in [-0.15, -0.1) is 0 Å². The van der Waals surface area contributed by atoms with Crippen LogP contribution in [0.1, 0.15) is 36.8 Å². The minimum atomic E-state index is -0.0674. The molecule has 6 heteroatoms. The number of rotatable bonds is 15. The SMILES string of the molecule is COc1ccc(CCNCCCCCCNCCc2ccc(O)c(O)c2)cc1OC. The highest BCUT2D eigenvalue weighted by Crippen LogP contribution is 2.27. The minimum absolute atomic E-state index is 0.0511. The second-order valence-electron chi connectivity index (χ2n) is 7.43. The maximum Gasteiger partial charge on any atom is 0.160 e. The summed E-state index contributed by atoms with van der Waals surface area (Å²) < 4.78 is 10.6. The molecule has 0 saturated carbocycles. The van der Waals surface area contributed by atoms with Crippen LogP contribution in [0.25, 0.3) is 0 Å². The van der Waals surface area contributed by atoms with Crippen LogP contribution in [0, 0.1) is 0 Å². The van der Waals surface area contributed by atoms with Gasteiger partial charge in [-0.2, -0.15) is 0 Å². The lowest BCUT2D eigenvalue weighted by Crippen LogP contribution is -2.19. The smallest absolute Gasteiger partial charge is 0.160 e. The average Bonchev–Trinajstić information content (AvgIpc) is 2.76. The largest absolute Gasteiger partial charge is 0.504 e. The van der Waals surface area contributed by atoms with E-state index in [-0.39, 0.29) is 11.5 Å². The van der Waals surface area contributed by atoms with E-state index in [4.69, 9.17) is 9.47 Å². The molecule has 0 atom stereocenters. The summed E-state index contributed by atoms with van der Waals surface area (Å²) >= 11 is 0. The van der Waals surface area contributed by atoms with Crippen LogP contribution in [0.4, 0.5) is 0 Å². The fourth-order valence-corrected chi connectivity index (χ4v) is 3.33. The summed E-state index contributed by atoms with van der Waals surface area (Å²) in [5.74, 6) is 1.43. The molecule has 2 aromatic carbocycles. The number of hydrogen-bond donors (Lipinski definition) is 4. The first-order valence-electron chi connectivity index (χ1n) is 10.8. The molecular formula is C24H36N2O4. The van der Waals surface area contributed by atoms with Gasteiger partial charge in [0, 0.05) is 0 Å². The van der Waals surface area contributed by atoms with E-state index in [0.29, 0.717) is 0 Å². The third-order valence-corrected chi connectivity index (χ3v) is 5.13. The van der Waals surface area contributed by atoms with Crippen molar-refractivity contribution in [3.63, 3.8) is 0 Å². The zero-order chi connectivity index (χ0) is 21.6. The van der Waals surface area contributed by atoms with Gasteiger partial charge >= 0.3 is 0 Å². The van der Waals surface area contributed by atoms with Crippen LogP contribution in [-0.4, -0.2) is 50.6 Å². The maximum absolute atomic E-state index is 9.49. The summed E-state index contributed by atoms with van der Waals surface area (Å²) in [6.45, 7) is 3.90. The molecule has 0 bridgehead atoms. The van der Waals surface area contributed by atoms with Crippen LogP contribution in [0.5, 0.6) is 23.0 Å². The predicted molar refractivity (Wildman–Crippen MR) is 121 cm³/mol. The van der Waals surface area contributed by atoms with E-state index in [0.717, 1.165) is 56.1 Å². The van der Waals surface area contributed by atoms with Gasteiger partial charge in [0.1, 0.15) is 0 Å². The Morgan fingerprint density at radius 1 is 0.633 bits per heavy atom. The lowest BCUT2D eigenvalue weighted by molar-refractivity contribution is 0.354. The van der Waals surface area contributed by atoms with Crippen molar-refractivity contribution in [1.29, 1.82) is 0 Å². The molecule has 0 amide bonds. The van der Waals surface area contributed by atoms with Crippen molar-refractivity contribution in [3.05, 3.63) is 47.5 Å². The van der Waals surface area contributed by atoms with Crippen LogP contribution in [0.3, 0.4) is 0 Å². The van der Waals surface area contributed by atoms with Crippen molar-refractivity contribution in [2.75, 3.05) is 40.4 Å². The number of unbranched alkanes of at least 4 members (excludes halogenated alkanes) is 3. The lowest BCUT2D eigenvalue weighted by atomic mass is 10.1. The van der Waals surface area contributed by atoms with E-state index in [1.807, 2.05) is 18.2 Å². The molecule has 4 N–H and O–H groups in total. The first-order chi connectivity index (χ1) is 14.6. The number of phenolic OH excluding ortho intramolecular Hbond substituents is 2. The number of benzene rings is 2. The first-order valence-corrected chi connectivity index (χ1v) is 10.8. The van der Waals surface area contributed by atoms with E-state index in [2.05, 4.69) is 16.7 Å². The molecule has 0 heterocycles. The maximum atomic E-state index is 9.49. The lowest BCUT2D eigenvalue weighted by Gasteiger charge is -2.10. The van der Waals surface area contributed by atoms with Crippen molar-refractivity contribution in [2.45, 2.75) is 38.5 Å². The molecule has 0 saturated heterocycles. The Balaban J connectivity index is 1.42. The van der Waals surface area contributed by atoms with Crippen molar-refractivity contribution < 1.29 is 19.7 Å². The van der Waals surface area contributed by atoms with Crippen LogP contribution in [0.15, 0.2) is 36.4 Å². The molecule has 0 spiro atoms. The Hall–Kier alpha value is -2.44. The summed E-state index contributed by atoms with van der Waals surface area (Å²) in [7, 11) is 3.32. The van der Waals surface area contributed by atoms with Gasteiger partial charge in [0.15, 0.2) is 23.0 Å². The number of methoxy groups -OCH3 is 2. The minimum Gasteiger partial charge on any atom is -0.504 e. The van der Waals surface area contributed by atoms with Crippen molar-refractivity contribution in [2.24, 2.45) is 0 Å². The molecule has 6 nitrogen and oxygen atoms in total. The number of nitrogens with one attached hydrogen (secondary N) is 2. The van der Waals surface area contributed by atoms with Gasteiger partial charge in [-0.1, -0.05) is 25.0 Å². The summed E-state index contributed by atoms with van der Waals surface area (Å²) in [4.78, 5) is 0. The number of ether oxygens (including phenoxy) is 2. The predicted octanol–water partition coefficient (Wildman–Crippen LogP) is 3.64. The van der Waals surface area contributed by atoms with Crippen molar-refractivity contribution in [3.8, 4) is 23.0 Å². The quantitative estimate of drug-likeness (QED) is 0.262. The molecule has 0 aromatic heterocycles. The summed E-state index contributed by atoms with van der Waals surface area (Å²) in [5.41, 5.74) is 2.27. The van der Waals surface area contributed by atoms with E-state index >= 15 is 0 Å². The highest BCUT2D eigenvalue weighted by atomic mass is 16.5. The normalized spacial score (nSPS) is 10.9. The second-order valence-corrected chi connectivity index (χ2v) is 7.43. The Kier molecular flexibility index (Phi) is 10.9. The van der Waals surface area contributed by atoms with Gasteiger partial charge in [-0.05, 0) is 87.3 Å². The van der Waals surface area contributed by atoms with Gasteiger partial charge in [-0.3, -0.25) is 0 Å². The highest BCUT2D eigenvalue weighted by molar-refractivity contribution is 5.43. The van der Waals surface area contributed by atoms with Crippen LogP contribution < -0.4 is 20.1 Å². The Bertz CT molecular complexity index is 752. The molecule has 0 unspecified atom stereocenters. The molecular weight excluding hydrogens is 380 g/mol. The Morgan fingerprint density at radius 3 is 1.77 bits per heavy atom. The number of phenols is 2. The molecule has 2 aromatic rings. The van der Waals surface area contributed by atoms with Crippen LogP contribution >= 0.6 is 0 Å². The van der Waals surface area contributed by atoms with Gasteiger partial charge in [0.2, 0.25) is 0 Å². The molecule has 0 radical (unpaired) electrons. The van der Waals surface area contributed by atoms with E-state index < -0.39 is 0 Å². The topological polar surface area (TPSA) is 83.0 Å². The molecule has 166 valence electrons. The zero-order valence-corrected chi connectivity index (χ0v) is 18.2. The summed E-state index contributed by atoms with van der Waals surface area (Å²) in [5, 5.41) is 25.8. The standard InChI is InChI=1S/C24H36N2O4/c1-29-23-10-8-20(18-24(23)30-2)12-16-26-14-6-4-3-5-13-25-15-11-19-7-9-21(27)22(28)17-19/h7-10,17-18,25-28H,3-6,11-16H2,1-2H3. The van der Waals surface area contributed by atoms with E-state index in [9.17, 15) is 10.2 Å². The van der Waals surface area contributed by atoms with Gasteiger partial charge < -0.3 is 30.3 Å². The fourth-order valence-electron chi connectivity index (χ4n) is 3.33. The molecule has 0 fully saturated rings. The molecule has 0 aliphatic carbocycles. The Morgan fingerprint density at radius 2 is 1.20 bits per heavy atom. The average molecular weight is 417 g/mol. The van der Waals surface area contributed by atoms with Crippen molar-refractivity contribution in [1.82, 2.24) is 10.6 Å². The summed E-state index contributed by atoms with van der Waals surface area (Å²) in [6, 6.07) is 11.1. The van der Waals surface area contributed by atoms with Crippen molar-refractivity contribution >= 4 is 0 Å². The van der Waals surface area contributed by atoms with Crippen LogP contribution in [0.2, 0.25) is 0 Å². The van der Waals surface area contributed by atoms with Crippen LogP contribution in [-0.2, 0) is 12.8 Å². The highest BCUT2D eigenvalue weighted by Gasteiger charge is 2.04. The molecule has 30 heavy (non-hydrogen) atoms. The summed E-state index contributed by atoms with van der Waals surface area (Å²) in [6.07, 6.45) is 6.65. The monoisotopic (exact) mass is 416 g/mol. The molecule has 0 aliphatic heterocycles. The first kappa shape index (κ1) is 23.8. The zero-order valence-electron chi connectivity index (χ0n) is 18.2.